The number of hydrogen-bond donors (Lipinski definition) is 0. The van der Waals surface area contributed by atoms with E-state index in [2.05, 4.69) is 4.98 Å². The summed E-state index contributed by atoms with van der Waals surface area (Å²) in [6.45, 7) is 2.23. The summed E-state index contributed by atoms with van der Waals surface area (Å²) in [4.78, 5) is 19.0. The van der Waals surface area contributed by atoms with E-state index in [1.165, 1.54) is 16.4 Å². The SMILES string of the molecule is O=C(c1ccc(S(=O)(=O)N2CCCC2)cc1)N1CCC(Oc2ncccc2Cl)CC1. The summed E-state index contributed by atoms with van der Waals surface area (Å²) in [5.41, 5.74) is 0.488. The van der Waals surface area contributed by atoms with E-state index >= 15 is 0 Å². The zero-order valence-corrected chi connectivity index (χ0v) is 18.1. The second kappa shape index (κ2) is 8.91. The average molecular weight is 450 g/mol. The first-order valence-corrected chi connectivity index (χ1v) is 11.9. The highest BCUT2D eigenvalue weighted by Gasteiger charge is 2.28. The third kappa shape index (κ3) is 4.45. The molecular formula is C21H24ClN3O4S. The minimum Gasteiger partial charge on any atom is -0.473 e. The van der Waals surface area contributed by atoms with E-state index in [4.69, 9.17) is 16.3 Å². The Morgan fingerprint density at radius 2 is 1.70 bits per heavy atom. The van der Waals surface area contributed by atoms with Crippen LogP contribution in [0.2, 0.25) is 5.02 Å². The number of amides is 1. The summed E-state index contributed by atoms with van der Waals surface area (Å²) in [6.07, 6.45) is 4.73. The van der Waals surface area contributed by atoms with Gasteiger partial charge in [-0.2, -0.15) is 4.31 Å². The van der Waals surface area contributed by atoms with Crippen LogP contribution in [0.1, 0.15) is 36.0 Å². The Hall–Kier alpha value is -2.16. The molecule has 7 nitrogen and oxygen atoms in total. The van der Waals surface area contributed by atoms with E-state index < -0.39 is 10.0 Å². The number of hydrogen-bond acceptors (Lipinski definition) is 5. The molecule has 2 aliphatic rings. The first-order chi connectivity index (χ1) is 14.4. The van der Waals surface area contributed by atoms with Crippen molar-refractivity contribution in [2.24, 2.45) is 0 Å². The highest BCUT2D eigenvalue weighted by Crippen LogP contribution is 2.25. The molecule has 0 aliphatic carbocycles. The maximum absolute atomic E-state index is 12.8. The molecule has 0 unspecified atom stereocenters. The zero-order chi connectivity index (χ0) is 21.1. The number of benzene rings is 1. The van der Waals surface area contributed by atoms with E-state index in [9.17, 15) is 13.2 Å². The number of piperidine rings is 1. The van der Waals surface area contributed by atoms with Gasteiger partial charge in [0.2, 0.25) is 15.9 Å². The van der Waals surface area contributed by atoms with Gasteiger partial charge in [0.15, 0.2) is 0 Å². The van der Waals surface area contributed by atoms with E-state index in [0.717, 1.165) is 12.8 Å². The number of likely N-dealkylation sites (tertiary alicyclic amines) is 1. The summed E-state index contributed by atoms with van der Waals surface area (Å²) in [5.74, 6) is 0.313. The van der Waals surface area contributed by atoms with Crippen molar-refractivity contribution in [3.05, 3.63) is 53.2 Å². The fraction of sp³-hybridized carbons (Fsp3) is 0.429. The number of rotatable bonds is 5. The average Bonchev–Trinajstić information content (AvgIpc) is 3.31. The molecule has 2 aliphatic heterocycles. The molecule has 0 saturated carbocycles. The molecule has 0 radical (unpaired) electrons. The third-order valence-electron chi connectivity index (χ3n) is 5.54. The standard InChI is InChI=1S/C21H24ClN3O4S/c22-19-4-3-11-23-20(19)29-17-9-14-24(15-10-17)21(26)16-5-7-18(8-6-16)30(27,28)25-12-1-2-13-25/h3-8,11,17H,1-2,9-10,12-15H2. The lowest BCUT2D eigenvalue weighted by Gasteiger charge is -2.32. The second-order valence-corrected chi connectivity index (χ2v) is 9.88. The predicted octanol–water partition coefficient (Wildman–Crippen LogP) is 3.20. The molecule has 1 aromatic heterocycles. The Kier molecular flexibility index (Phi) is 6.26. The van der Waals surface area contributed by atoms with Gasteiger partial charge < -0.3 is 9.64 Å². The Morgan fingerprint density at radius 1 is 1.03 bits per heavy atom. The molecule has 9 heteroatoms. The molecule has 0 bridgehead atoms. The van der Waals surface area contributed by atoms with E-state index in [1.54, 1.807) is 35.4 Å². The molecule has 4 rings (SSSR count). The van der Waals surface area contributed by atoms with Gasteiger partial charge in [0.05, 0.1) is 4.90 Å². The third-order valence-corrected chi connectivity index (χ3v) is 7.74. The number of nitrogens with zero attached hydrogens (tertiary/aromatic N) is 3. The molecule has 1 amide bonds. The predicted molar refractivity (Wildman–Crippen MR) is 113 cm³/mol. The number of pyridine rings is 1. The zero-order valence-electron chi connectivity index (χ0n) is 16.5. The normalized spacial score (nSPS) is 18.5. The molecule has 2 aromatic rings. The largest absolute Gasteiger partial charge is 0.473 e. The summed E-state index contributed by atoms with van der Waals surface area (Å²) in [5, 5.41) is 0.472. The molecule has 1 aromatic carbocycles. The lowest BCUT2D eigenvalue weighted by molar-refractivity contribution is 0.0588. The van der Waals surface area contributed by atoms with Crippen molar-refractivity contribution < 1.29 is 17.9 Å². The van der Waals surface area contributed by atoms with Crippen LogP contribution >= 0.6 is 11.6 Å². The topological polar surface area (TPSA) is 79.8 Å². The first-order valence-electron chi connectivity index (χ1n) is 10.1. The van der Waals surface area contributed by atoms with E-state index in [-0.39, 0.29) is 16.9 Å². The fourth-order valence-electron chi connectivity index (χ4n) is 3.82. The summed E-state index contributed by atoms with van der Waals surface area (Å²) in [7, 11) is -3.47. The lowest BCUT2D eigenvalue weighted by Crippen LogP contribution is -2.41. The van der Waals surface area contributed by atoms with Gasteiger partial charge in [0, 0.05) is 50.8 Å². The van der Waals surface area contributed by atoms with E-state index in [0.29, 0.717) is 55.5 Å². The van der Waals surface area contributed by atoms with Crippen LogP contribution in [0.25, 0.3) is 0 Å². The molecule has 0 atom stereocenters. The first kappa shape index (κ1) is 21.1. The molecule has 160 valence electrons. The minimum absolute atomic E-state index is 0.0468. The maximum Gasteiger partial charge on any atom is 0.253 e. The van der Waals surface area contributed by atoms with Gasteiger partial charge in [-0.3, -0.25) is 4.79 Å². The molecule has 30 heavy (non-hydrogen) atoms. The number of ether oxygens (including phenoxy) is 1. The molecule has 2 saturated heterocycles. The van der Waals surface area contributed by atoms with Gasteiger partial charge >= 0.3 is 0 Å². The number of aromatic nitrogens is 1. The van der Waals surface area contributed by atoms with Crippen molar-refractivity contribution >= 4 is 27.5 Å². The van der Waals surface area contributed by atoms with Gasteiger partial charge in [0.1, 0.15) is 11.1 Å². The number of carbonyl (C=O) groups is 1. The van der Waals surface area contributed by atoms with Crippen molar-refractivity contribution in [2.75, 3.05) is 26.2 Å². The van der Waals surface area contributed by atoms with Crippen LogP contribution in [0.15, 0.2) is 47.5 Å². The van der Waals surface area contributed by atoms with Gasteiger partial charge in [0.25, 0.3) is 5.91 Å². The highest BCUT2D eigenvalue weighted by molar-refractivity contribution is 7.89. The van der Waals surface area contributed by atoms with E-state index in [1.807, 2.05) is 0 Å². The monoisotopic (exact) mass is 449 g/mol. The van der Waals surface area contributed by atoms with Crippen LogP contribution in [-0.4, -0.2) is 60.8 Å². The number of sulfonamides is 1. The fourth-order valence-corrected chi connectivity index (χ4v) is 5.51. The molecule has 0 spiro atoms. The lowest BCUT2D eigenvalue weighted by atomic mass is 10.1. The summed E-state index contributed by atoms with van der Waals surface area (Å²) in [6, 6.07) is 9.73. The van der Waals surface area contributed by atoms with Crippen LogP contribution in [0.4, 0.5) is 0 Å². The molecule has 0 N–H and O–H groups in total. The van der Waals surface area contributed by atoms with Crippen molar-refractivity contribution in [1.82, 2.24) is 14.2 Å². The molecule has 2 fully saturated rings. The van der Waals surface area contributed by atoms with Crippen LogP contribution in [0, 0.1) is 0 Å². The van der Waals surface area contributed by atoms with Crippen molar-refractivity contribution in [1.29, 1.82) is 0 Å². The van der Waals surface area contributed by atoms with Gasteiger partial charge in [-0.05, 0) is 49.2 Å². The van der Waals surface area contributed by atoms with Crippen LogP contribution in [0.5, 0.6) is 5.88 Å². The van der Waals surface area contributed by atoms with Crippen molar-refractivity contribution in [3.8, 4) is 5.88 Å². The van der Waals surface area contributed by atoms with Crippen LogP contribution in [0.3, 0.4) is 0 Å². The Morgan fingerprint density at radius 3 is 2.33 bits per heavy atom. The van der Waals surface area contributed by atoms with Crippen LogP contribution < -0.4 is 4.74 Å². The van der Waals surface area contributed by atoms with Gasteiger partial charge in [-0.1, -0.05) is 11.6 Å². The summed E-state index contributed by atoms with van der Waals surface area (Å²) < 4.78 is 32.6. The summed E-state index contributed by atoms with van der Waals surface area (Å²) >= 11 is 6.09. The van der Waals surface area contributed by atoms with Crippen molar-refractivity contribution in [3.63, 3.8) is 0 Å². The molecular weight excluding hydrogens is 426 g/mol. The Balaban J connectivity index is 1.35. The molecule has 3 heterocycles. The maximum atomic E-state index is 12.8. The van der Waals surface area contributed by atoms with Gasteiger partial charge in [-0.25, -0.2) is 13.4 Å². The second-order valence-electron chi connectivity index (χ2n) is 7.54. The highest BCUT2D eigenvalue weighted by atomic mass is 35.5. The Bertz CT molecular complexity index is 999. The smallest absolute Gasteiger partial charge is 0.253 e. The van der Waals surface area contributed by atoms with Gasteiger partial charge in [-0.15, -0.1) is 0 Å². The quantitative estimate of drug-likeness (QED) is 0.700. The minimum atomic E-state index is -3.47. The van der Waals surface area contributed by atoms with Crippen molar-refractivity contribution in [2.45, 2.75) is 36.7 Å². The number of carbonyl (C=O) groups excluding carboxylic acids is 1. The number of halogens is 1. The Labute approximate surface area is 181 Å². The van der Waals surface area contributed by atoms with Crippen LogP contribution in [-0.2, 0) is 10.0 Å².